The first-order chi connectivity index (χ1) is 9.05. The Morgan fingerprint density at radius 1 is 1.11 bits per heavy atom. The van der Waals surface area contributed by atoms with Crippen LogP contribution in [0.15, 0.2) is 12.2 Å². The summed E-state index contributed by atoms with van der Waals surface area (Å²) in [5.41, 5.74) is 0.911. The molecule has 0 aromatic heterocycles. The SMILES string of the molecule is C=C(C)C(=O)OC1(C2CC2)CCC2(CCCCC2)C1. The van der Waals surface area contributed by atoms with Gasteiger partial charge in [0.15, 0.2) is 0 Å². The molecule has 0 radical (unpaired) electrons. The molecule has 0 saturated heterocycles. The van der Waals surface area contributed by atoms with Gasteiger partial charge in [-0.25, -0.2) is 4.79 Å². The zero-order chi connectivity index (χ0) is 13.5. The fourth-order valence-corrected chi connectivity index (χ4v) is 4.42. The molecule has 1 atom stereocenters. The quantitative estimate of drug-likeness (QED) is 0.557. The fourth-order valence-electron chi connectivity index (χ4n) is 4.42. The number of hydrogen-bond donors (Lipinski definition) is 0. The van der Waals surface area contributed by atoms with Crippen molar-refractivity contribution in [3.8, 4) is 0 Å². The maximum Gasteiger partial charge on any atom is 0.333 e. The molecule has 106 valence electrons. The smallest absolute Gasteiger partial charge is 0.333 e. The Hall–Kier alpha value is -0.790. The van der Waals surface area contributed by atoms with Crippen molar-refractivity contribution in [2.45, 2.75) is 76.7 Å². The minimum atomic E-state index is -0.167. The minimum absolute atomic E-state index is 0.132. The van der Waals surface area contributed by atoms with E-state index >= 15 is 0 Å². The van der Waals surface area contributed by atoms with E-state index in [9.17, 15) is 4.79 Å². The molecule has 3 rings (SSSR count). The highest BCUT2D eigenvalue weighted by Crippen LogP contribution is 2.60. The highest BCUT2D eigenvalue weighted by atomic mass is 16.6. The molecule has 2 nitrogen and oxygen atoms in total. The lowest BCUT2D eigenvalue weighted by molar-refractivity contribution is -0.157. The van der Waals surface area contributed by atoms with Crippen LogP contribution in [0.5, 0.6) is 0 Å². The van der Waals surface area contributed by atoms with E-state index in [1.54, 1.807) is 6.92 Å². The summed E-state index contributed by atoms with van der Waals surface area (Å²) in [7, 11) is 0. The Morgan fingerprint density at radius 2 is 1.79 bits per heavy atom. The lowest BCUT2D eigenvalue weighted by Crippen LogP contribution is -2.37. The number of esters is 1. The van der Waals surface area contributed by atoms with Crippen LogP contribution in [-0.4, -0.2) is 11.6 Å². The van der Waals surface area contributed by atoms with Gasteiger partial charge in [0.25, 0.3) is 0 Å². The van der Waals surface area contributed by atoms with Gasteiger partial charge in [-0.2, -0.15) is 0 Å². The highest BCUT2D eigenvalue weighted by molar-refractivity contribution is 5.87. The molecule has 3 saturated carbocycles. The molecule has 3 fully saturated rings. The van der Waals surface area contributed by atoms with E-state index in [1.807, 2.05) is 0 Å². The standard InChI is InChI=1S/C17H26O2/c1-13(2)15(18)19-17(14-6-7-14)11-10-16(12-17)8-4-3-5-9-16/h14H,1,3-12H2,2H3. The molecule has 0 aliphatic heterocycles. The van der Waals surface area contributed by atoms with Crippen LogP contribution >= 0.6 is 0 Å². The van der Waals surface area contributed by atoms with Gasteiger partial charge in [0, 0.05) is 5.57 Å². The van der Waals surface area contributed by atoms with E-state index in [1.165, 1.54) is 51.4 Å². The van der Waals surface area contributed by atoms with Crippen molar-refractivity contribution in [1.29, 1.82) is 0 Å². The number of ether oxygens (including phenoxy) is 1. The number of rotatable bonds is 3. The molecule has 19 heavy (non-hydrogen) atoms. The van der Waals surface area contributed by atoms with E-state index in [0.29, 0.717) is 16.9 Å². The van der Waals surface area contributed by atoms with Gasteiger partial charge in [-0.15, -0.1) is 0 Å². The van der Waals surface area contributed by atoms with Gasteiger partial charge in [-0.1, -0.05) is 25.8 Å². The van der Waals surface area contributed by atoms with Crippen molar-refractivity contribution in [1.82, 2.24) is 0 Å². The second kappa shape index (κ2) is 4.64. The van der Waals surface area contributed by atoms with Crippen LogP contribution in [0.2, 0.25) is 0 Å². The van der Waals surface area contributed by atoms with Crippen molar-refractivity contribution < 1.29 is 9.53 Å². The summed E-state index contributed by atoms with van der Waals surface area (Å²) in [5.74, 6) is 0.469. The lowest BCUT2D eigenvalue weighted by atomic mass is 9.71. The predicted molar refractivity (Wildman–Crippen MR) is 75.7 cm³/mol. The van der Waals surface area contributed by atoms with Crippen LogP contribution in [0.4, 0.5) is 0 Å². The molecule has 3 aliphatic rings. The molecular formula is C17H26O2. The van der Waals surface area contributed by atoms with E-state index in [4.69, 9.17) is 4.74 Å². The largest absolute Gasteiger partial charge is 0.455 e. The molecule has 3 aliphatic carbocycles. The molecule has 0 aromatic carbocycles. The van der Waals surface area contributed by atoms with Crippen molar-refractivity contribution in [2.75, 3.05) is 0 Å². The van der Waals surface area contributed by atoms with Crippen LogP contribution in [0, 0.1) is 11.3 Å². The van der Waals surface area contributed by atoms with Crippen LogP contribution in [0.25, 0.3) is 0 Å². The average Bonchev–Trinajstić information content (AvgIpc) is 3.18. The monoisotopic (exact) mass is 262 g/mol. The van der Waals surface area contributed by atoms with Crippen molar-refractivity contribution in [2.24, 2.45) is 11.3 Å². The average molecular weight is 262 g/mol. The Bertz CT molecular complexity index is 388. The summed E-state index contributed by atoms with van der Waals surface area (Å²) in [4.78, 5) is 12.0. The van der Waals surface area contributed by atoms with E-state index < -0.39 is 0 Å². The number of hydrogen-bond acceptors (Lipinski definition) is 2. The minimum Gasteiger partial charge on any atom is -0.455 e. The first-order valence-electron chi connectivity index (χ1n) is 7.94. The first kappa shape index (κ1) is 13.2. The van der Waals surface area contributed by atoms with Crippen LogP contribution in [0.3, 0.4) is 0 Å². The summed E-state index contributed by atoms with van der Waals surface area (Å²) in [5, 5.41) is 0. The van der Waals surface area contributed by atoms with Crippen molar-refractivity contribution in [3.05, 3.63) is 12.2 Å². The second-order valence-corrected chi connectivity index (χ2v) is 7.25. The zero-order valence-electron chi connectivity index (χ0n) is 12.2. The maximum atomic E-state index is 12.0. The summed E-state index contributed by atoms with van der Waals surface area (Å²) in [6, 6.07) is 0. The first-order valence-corrected chi connectivity index (χ1v) is 7.94. The van der Waals surface area contributed by atoms with Crippen molar-refractivity contribution in [3.63, 3.8) is 0 Å². The van der Waals surface area contributed by atoms with Gasteiger partial charge in [-0.3, -0.25) is 0 Å². The zero-order valence-corrected chi connectivity index (χ0v) is 12.2. The van der Waals surface area contributed by atoms with Crippen LogP contribution in [-0.2, 0) is 9.53 Å². The summed E-state index contributed by atoms with van der Waals surface area (Å²) >= 11 is 0. The van der Waals surface area contributed by atoms with Gasteiger partial charge in [0.05, 0.1) is 0 Å². The Labute approximate surface area is 116 Å². The molecule has 0 heterocycles. The topological polar surface area (TPSA) is 26.3 Å². The molecule has 2 heteroatoms. The Morgan fingerprint density at radius 3 is 2.37 bits per heavy atom. The molecule has 0 aromatic rings. The molecule has 0 N–H and O–H groups in total. The maximum absolute atomic E-state index is 12.0. The van der Waals surface area contributed by atoms with Gasteiger partial charge in [-0.05, 0) is 63.2 Å². The van der Waals surface area contributed by atoms with Crippen LogP contribution < -0.4 is 0 Å². The summed E-state index contributed by atoms with van der Waals surface area (Å²) in [6.45, 7) is 5.50. The van der Waals surface area contributed by atoms with Gasteiger partial charge in [0.2, 0.25) is 0 Å². The Balaban J connectivity index is 1.75. The fraction of sp³-hybridized carbons (Fsp3) is 0.824. The number of carbonyl (C=O) groups excluding carboxylic acids is 1. The molecule has 0 amide bonds. The van der Waals surface area contributed by atoms with Gasteiger partial charge < -0.3 is 4.74 Å². The highest BCUT2D eigenvalue weighted by Gasteiger charge is 2.57. The second-order valence-electron chi connectivity index (χ2n) is 7.25. The molecule has 1 unspecified atom stereocenters. The molecular weight excluding hydrogens is 236 g/mol. The third kappa shape index (κ3) is 2.46. The predicted octanol–water partition coefficient (Wildman–Crippen LogP) is 4.39. The van der Waals surface area contributed by atoms with Crippen LogP contribution in [0.1, 0.15) is 71.1 Å². The lowest BCUT2D eigenvalue weighted by Gasteiger charge is -2.36. The van der Waals surface area contributed by atoms with Gasteiger partial charge >= 0.3 is 5.97 Å². The van der Waals surface area contributed by atoms with Gasteiger partial charge in [0.1, 0.15) is 5.60 Å². The van der Waals surface area contributed by atoms with E-state index in [2.05, 4.69) is 6.58 Å². The summed E-state index contributed by atoms with van der Waals surface area (Å²) in [6.07, 6.45) is 12.8. The molecule has 1 spiro atoms. The van der Waals surface area contributed by atoms with E-state index in [0.717, 1.165) is 12.8 Å². The normalized spacial score (nSPS) is 33.3. The number of carbonyl (C=O) groups is 1. The van der Waals surface area contributed by atoms with E-state index in [-0.39, 0.29) is 11.6 Å². The summed E-state index contributed by atoms with van der Waals surface area (Å²) < 4.78 is 5.97. The molecule has 0 bridgehead atoms. The third-order valence-electron chi connectivity index (χ3n) is 5.63. The van der Waals surface area contributed by atoms with Crippen molar-refractivity contribution >= 4 is 5.97 Å². The Kier molecular flexibility index (Phi) is 3.23. The third-order valence-corrected chi connectivity index (χ3v) is 5.63.